The van der Waals surface area contributed by atoms with Gasteiger partial charge in [0.25, 0.3) is 0 Å². The van der Waals surface area contributed by atoms with Crippen LogP contribution in [-0.2, 0) is 19.9 Å². The summed E-state index contributed by atoms with van der Waals surface area (Å²) in [5.41, 5.74) is 0.493. The fraction of sp³-hybridized carbons (Fsp3) is 0.333. The van der Waals surface area contributed by atoms with Crippen LogP contribution in [0.2, 0.25) is 5.02 Å². The van der Waals surface area contributed by atoms with Gasteiger partial charge in [-0.25, -0.2) is 21.2 Å². The molecule has 1 fully saturated rings. The third-order valence-corrected chi connectivity index (χ3v) is 9.35. The van der Waals surface area contributed by atoms with Gasteiger partial charge < -0.3 is 0 Å². The van der Waals surface area contributed by atoms with Gasteiger partial charge in [0, 0.05) is 23.7 Å². The van der Waals surface area contributed by atoms with Crippen molar-refractivity contribution in [3.8, 4) is 0 Å². The normalized spacial score (nSPS) is 20.9. The summed E-state index contributed by atoms with van der Waals surface area (Å²) in [6, 6.07) is 10.3. The number of rotatable bonds is 3. The van der Waals surface area contributed by atoms with E-state index in [1.165, 1.54) is 24.3 Å². The van der Waals surface area contributed by atoms with Crippen LogP contribution < -0.4 is 0 Å². The van der Waals surface area contributed by atoms with Crippen molar-refractivity contribution in [3.63, 3.8) is 0 Å². The smallest absolute Gasteiger partial charge is 0.228 e. The Hall–Kier alpha value is -1.48. The van der Waals surface area contributed by atoms with Gasteiger partial charge in [0.05, 0.1) is 15.9 Å². The summed E-state index contributed by atoms with van der Waals surface area (Å²) in [5.74, 6) is -0.974. The molecule has 0 N–H and O–H groups in total. The van der Waals surface area contributed by atoms with Crippen LogP contribution >= 0.6 is 11.6 Å². The Bertz CT molecular complexity index is 1070. The topological polar surface area (TPSA) is 71.5 Å². The van der Waals surface area contributed by atoms with Gasteiger partial charge in [0.15, 0.2) is 9.84 Å². The van der Waals surface area contributed by atoms with Gasteiger partial charge >= 0.3 is 0 Å². The summed E-state index contributed by atoms with van der Waals surface area (Å²) in [5, 5.41) is -0.748. The molecule has 0 radical (unpaired) electrons. The molecule has 2 aromatic rings. The van der Waals surface area contributed by atoms with E-state index in [1.807, 2.05) is 0 Å². The Balaban J connectivity index is 1.96. The molecule has 0 spiro atoms. The van der Waals surface area contributed by atoms with Gasteiger partial charge in [-0.3, -0.25) is 0 Å². The van der Waals surface area contributed by atoms with Gasteiger partial charge in [0.1, 0.15) is 5.82 Å². The third kappa shape index (κ3) is 3.89. The molecule has 9 heteroatoms. The Morgan fingerprint density at radius 3 is 2.52 bits per heavy atom. The van der Waals surface area contributed by atoms with Gasteiger partial charge in [-0.1, -0.05) is 35.9 Å². The van der Waals surface area contributed by atoms with Crippen LogP contribution in [0, 0.1) is 12.7 Å². The molecule has 1 aliphatic heterocycles. The molecular formula is C18H19ClFNO4S2. The van der Waals surface area contributed by atoms with Gasteiger partial charge in [-0.15, -0.1) is 0 Å². The first-order valence-corrected chi connectivity index (χ1v) is 11.9. The molecule has 146 valence electrons. The molecule has 1 atom stereocenters. The van der Waals surface area contributed by atoms with Crippen LogP contribution in [0.25, 0.3) is 0 Å². The molecule has 0 saturated carbocycles. The van der Waals surface area contributed by atoms with Gasteiger partial charge in [-0.2, -0.15) is 4.31 Å². The number of sulfone groups is 1. The van der Waals surface area contributed by atoms with E-state index in [9.17, 15) is 21.2 Å². The first kappa shape index (κ1) is 20.3. The molecule has 1 heterocycles. The quantitative estimate of drug-likeness (QED) is 0.747. The lowest BCUT2D eigenvalue weighted by Crippen LogP contribution is -2.34. The predicted molar refractivity (Wildman–Crippen MR) is 102 cm³/mol. The lowest BCUT2D eigenvalue weighted by atomic mass is 10.1. The molecule has 1 unspecified atom stereocenters. The summed E-state index contributed by atoms with van der Waals surface area (Å²) >= 11 is 6.04. The zero-order valence-electron chi connectivity index (χ0n) is 14.6. The molecule has 0 aliphatic carbocycles. The molecule has 5 nitrogen and oxygen atoms in total. The number of nitrogens with zero attached hydrogens (tertiary/aromatic N) is 1. The average molecular weight is 432 g/mol. The Labute approximate surface area is 163 Å². The molecule has 27 heavy (non-hydrogen) atoms. The molecule has 2 aromatic carbocycles. The van der Waals surface area contributed by atoms with Gasteiger partial charge in [0.2, 0.25) is 10.0 Å². The minimum Gasteiger partial charge on any atom is -0.228 e. The number of sulfonamides is 1. The fourth-order valence-corrected chi connectivity index (χ4v) is 7.11. The standard InChI is InChI=1S/C18H19ClFNO4S2/c1-13-15(19)6-4-8-17(13)27(24,25)21-10-9-18(26(22,23)12-11-21)14-5-2-3-7-16(14)20/h2-8,18H,9-12H2,1H3. The summed E-state index contributed by atoms with van der Waals surface area (Å²) < 4.78 is 66.7. The first-order valence-electron chi connectivity index (χ1n) is 8.36. The highest BCUT2D eigenvalue weighted by Crippen LogP contribution is 2.33. The van der Waals surface area contributed by atoms with Crippen LogP contribution in [0.3, 0.4) is 0 Å². The minimum absolute atomic E-state index is 0.0118. The fourth-order valence-electron chi connectivity index (χ4n) is 3.26. The van der Waals surface area contributed by atoms with Crippen molar-refractivity contribution in [1.82, 2.24) is 4.31 Å². The maximum atomic E-state index is 14.1. The van der Waals surface area contributed by atoms with E-state index in [0.717, 1.165) is 4.31 Å². The van der Waals surface area contributed by atoms with Crippen molar-refractivity contribution in [2.75, 3.05) is 18.8 Å². The molecule has 1 saturated heterocycles. The lowest BCUT2D eigenvalue weighted by Gasteiger charge is -2.21. The molecule has 3 rings (SSSR count). The summed E-state index contributed by atoms with van der Waals surface area (Å²) in [6.07, 6.45) is -0.0118. The highest BCUT2D eigenvalue weighted by molar-refractivity contribution is 7.92. The highest BCUT2D eigenvalue weighted by Gasteiger charge is 2.37. The van der Waals surface area contributed by atoms with Crippen molar-refractivity contribution in [3.05, 3.63) is 64.4 Å². The molecule has 0 aromatic heterocycles. The molecule has 1 aliphatic rings. The zero-order valence-corrected chi connectivity index (χ0v) is 17.0. The van der Waals surface area contributed by atoms with Crippen LogP contribution in [0.15, 0.2) is 47.4 Å². The van der Waals surface area contributed by atoms with Crippen molar-refractivity contribution in [2.45, 2.75) is 23.5 Å². The second kappa shape index (κ2) is 7.50. The molecular weight excluding hydrogens is 413 g/mol. The summed E-state index contributed by atoms with van der Waals surface area (Å²) in [6.45, 7) is 1.40. The monoisotopic (exact) mass is 431 g/mol. The largest absolute Gasteiger partial charge is 0.243 e. The van der Waals surface area contributed by atoms with Crippen molar-refractivity contribution < 1.29 is 21.2 Å². The minimum atomic E-state index is -3.91. The summed E-state index contributed by atoms with van der Waals surface area (Å²) in [7, 11) is -7.62. The van der Waals surface area contributed by atoms with Crippen molar-refractivity contribution in [2.24, 2.45) is 0 Å². The van der Waals surface area contributed by atoms with E-state index in [4.69, 9.17) is 11.6 Å². The maximum Gasteiger partial charge on any atom is 0.243 e. The van der Waals surface area contributed by atoms with Crippen LogP contribution in [0.4, 0.5) is 4.39 Å². The number of benzene rings is 2. The van der Waals surface area contributed by atoms with E-state index < -0.39 is 30.9 Å². The Kier molecular flexibility index (Phi) is 5.63. The van der Waals surface area contributed by atoms with E-state index in [1.54, 1.807) is 25.1 Å². The average Bonchev–Trinajstić information content (AvgIpc) is 2.76. The zero-order chi connectivity index (χ0) is 19.8. The van der Waals surface area contributed by atoms with E-state index in [2.05, 4.69) is 0 Å². The van der Waals surface area contributed by atoms with Crippen LogP contribution in [0.5, 0.6) is 0 Å². The predicted octanol–water partition coefficient (Wildman–Crippen LogP) is 3.34. The second-order valence-corrected chi connectivity index (χ2v) is 11.0. The van der Waals surface area contributed by atoms with Crippen LogP contribution in [0.1, 0.15) is 22.8 Å². The van der Waals surface area contributed by atoms with E-state index in [0.29, 0.717) is 10.6 Å². The van der Waals surface area contributed by atoms with Crippen LogP contribution in [-0.4, -0.2) is 40.0 Å². The summed E-state index contributed by atoms with van der Waals surface area (Å²) in [4.78, 5) is 0.0525. The second-order valence-electron chi connectivity index (χ2n) is 6.43. The SMILES string of the molecule is Cc1c(Cl)cccc1S(=O)(=O)N1CCC(c2ccccc2F)S(=O)(=O)CC1. The Morgan fingerprint density at radius 1 is 1.11 bits per heavy atom. The first-order chi connectivity index (χ1) is 12.6. The Morgan fingerprint density at radius 2 is 1.81 bits per heavy atom. The number of hydrogen-bond acceptors (Lipinski definition) is 4. The van der Waals surface area contributed by atoms with Crippen molar-refractivity contribution >= 4 is 31.5 Å². The maximum absolute atomic E-state index is 14.1. The molecule has 0 amide bonds. The van der Waals surface area contributed by atoms with Gasteiger partial charge in [-0.05, 0) is 37.1 Å². The number of halogens is 2. The van der Waals surface area contributed by atoms with E-state index in [-0.39, 0.29) is 35.7 Å². The molecule has 0 bridgehead atoms. The van der Waals surface area contributed by atoms with Crippen molar-refractivity contribution in [1.29, 1.82) is 0 Å². The van der Waals surface area contributed by atoms with E-state index >= 15 is 0 Å². The third-order valence-electron chi connectivity index (χ3n) is 4.79. The lowest BCUT2D eigenvalue weighted by molar-refractivity contribution is 0.426. The number of hydrogen-bond donors (Lipinski definition) is 0. The highest BCUT2D eigenvalue weighted by atomic mass is 35.5.